The van der Waals surface area contributed by atoms with E-state index >= 15 is 0 Å². The number of hydrogen-bond donors (Lipinski definition) is 2. The molecule has 3 aromatic rings. The van der Waals surface area contributed by atoms with E-state index in [1.54, 1.807) is 41.1 Å². The van der Waals surface area contributed by atoms with E-state index in [1.807, 2.05) is 30.8 Å². The van der Waals surface area contributed by atoms with Crippen molar-refractivity contribution < 1.29 is 23.9 Å². The predicted molar refractivity (Wildman–Crippen MR) is 154 cm³/mol. The fourth-order valence-electron chi connectivity index (χ4n) is 4.89. The van der Waals surface area contributed by atoms with E-state index in [1.165, 1.54) is 7.11 Å². The van der Waals surface area contributed by atoms with Crippen molar-refractivity contribution >= 4 is 41.1 Å². The molecule has 12 heteroatoms. The Hall–Kier alpha value is -4.87. The van der Waals surface area contributed by atoms with Gasteiger partial charge in [-0.1, -0.05) is 12.2 Å². The Kier molecular flexibility index (Phi) is 7.64. The normalized spacial score (nSPS) is 15.8. The molecule has 0 unspecified atom stereocenters. The minimum Gasteiger partial charge on any atom is -0.493 e. The van der Waals surface area contributed by atoms with Gasteiger partial charge in [0.25, 0.3) is 11.8 Å². The molecule has 214 valence electrons. The third kappa shape index (κ3) is 5.86. The molecule has 5 rings (SSSR count). The van der Waals surface area contributed by atoms with Gasteiger partial charge in [0.05, 0.1) is 36.7 Å². The molecule has 4 heterocycles. The summed E-state index contributed by atoms with van der Waals surface area (Å²) < 4.78 is 14.9. The summed E-state index contributed by atoms with van der Waals surface area (Å²) in [6, 6.07) is 5.10. The number of aryl methyl sites for hydroxylation is 3. The summed E-state index contributed by atoms with van der Waals surface area (Å²) >= 11 is 0. The quantitative estimate of drug-likeness (QED) is 0.304. The second-order valence-corrected chi connectivity index (χ2v) is 10.2. The van der Waals surface area contributed by atoms with Gasteiger partial charge in [0.1, 0.15) is 0 Å². The van der Waals surface area contributed by atoms with Crippen LogP contribution in [0.5, 0.6) is 11.5 Å². The van der Waals surface area contributed by atoms with Crippen LogP contribution in [0.15, 0.2) is 47.7 Å². The molecule has 0 bridgehead atoms. The van der Waals surface area contributed by atoms with E-state index in [4.69, 9.17) is 9.47 Å². The maximum atomic E-state index is 13.1. The number of benzene rings is 1. The van der Waals surface area contributed by atoms with Gasteiger partial charge in [0, 0.05) is 57.4 Å². The monoisotopic (exact) mass is 559 g/mol. The fourth-order valence-corrected chi connectivity index (χ4v) is 4.89. The number of nitrogens with one attached hydrogen (secondary N) is 2. The summed E-state index contributed by atoms with van der Waals surface area (Å²) in [5.74, 6) is 0.559. The van der Waals surface area contributed by atoms with Crippen LogP contribution in [0.3, 0.4) is 0 Å². The largest absolute Gasteiger partial charge is 0.493 e. The summed E-state index contributed by atoms with van der Waals surface area (Å²) in [5.41, 5.74) is 3.64. The molecule has 0 spiro atoms. The van der Waals surface area contributed by atoms with Gasteiger partial charge in [-0.05, 0) is 31.9 Å². The van der Waals surface area contributed by atoms with E-state index in [0.29, 0.717) is 47.8 Å². The van der Waals surface area contributed by atoms with Gasteiger partial charge in [-0.3, -0.25) is 19.4 Å². The number of amides is 3. The van der Waals surface area contributed by atoms with Crippen molar-refractivity contribution in [3.63, 3.8) is 0 Å². The lowest BCUT2D eigenvalue weighted by Gasteiger charge is -2.20. The van der Waals surface area contributed by atoms with Crippen molar-refractivity contribution in [1.82, 2.24) is 19.0 Å². The number of imidazole rings is 1. The summed E-state index contributed by atoms with van der Waals surface area (Å²) in [5, 5.41) is 5.54. The Labute approximate surface area is 237 Å². The highest BCUT2D eigenvalue weighted by Gasteiger charge is 2.34. The van der Waals surface area contributed by atoms with Gasteiger partial charge in [-0.15, -0.1) is 0 Å². The van der Waals surface area contributed by atoms with Crippen LogP contribution >= 0.6 is 0 Å². The van der Waals surface area contributed by atoms with Gasteiger partial charge in [-0.25, -0.2) is 4.98 Å². The van der Waals surface area contributed by atoms with Crippen LogP contribution in [-0.4, -0.2) is 69.3 Å². The average Bonchev–Trinajstić information content (AvgIpc) is 3.57. The third-order valence-electron chi connectivity index (χ3n) is 7.12. The maximum absolute atomic E-state index is 13.1. The second kappa shape index (κ2) is 11.3. The number of aliphatic imine (C=N–C) groups is 1. The van der Waals surface area contributed by atoms with Crippen LogP contribution in [0.4, 0.5) is 17.2 Å². The zero-order valence-electron chi connectivity index (χ0n) is 23.6. The van der Waals surface area contributed by atoms with Crippen LogP contribution < -0.4 is 20.1 Å². The minimum atomic E-state index is -0.376. The van der Waals surface area contributed by atoms with Gasteiger partial charge >= 0.3 is 0 Å². The predicted octanol–water partition coefficient (Wildman–Crippen LogP) is 3.61. The Bertz CT molecular complexity index is 1550. The van der Waals surface area contributed by atoms with E-state index in [-0.39, 0.29) is 48.4 Å². The molecule has 0 radical (unpaired) electrons. The smallest absolute Gasteiger partial charge is 0.291 e. The first-order valence-electron chi connectivity index (χ1n) is 13.3. The number of carbonyl (C=O) groups excluding carboxylic acids is 3. The van der Waals surface area contributed by atoms with Crippen molar-refractivity contribution in [2.24, 2.45) is 19.1 Å². The van der Waals surface area contributed by atoms with Crippen molar-refractivity contribution in [2.75, 3.05) is 30.9 Å². The molecule has 1 fully saturated rings. The molecule has 41 heavy (non-hydrogen) atoms. The van der Waals surface area contributed by atoms with Crippen molar-refractivity contribution in [3.8, 4) is 11.5 Å². The summed E-state index contributed by atoms with van der Waals surface area (Å²) in [4.78, 5) is 48.9. The molecule has 2 aliphatic rings. The van der Waals surface area contributed by atoms with E-state index in [9.17, 15) is 14.4 Å². The topological polar surface area (TPSA) is 132 Å². The highest BCUT2D eigenvalue weighted by molar-refractivity contribution is 6.04. The zero-order valence-corrected chi connectivity index (χ0v) is 23.6. The summed E-state index contributed by atoms with van der Waals surface area (Å²) in [6.45, 7) is 6.69. The number of rotatable bonds is 9. The first-order valence-corrected chi connectivity index (χ1v) is 13.3. The number of methoxy groups -OCH3 is 1. The van der Waals surface area contributed by atoms with Crippen LogP contribution in [0, 0.1) is 6.92 Å². The Balaban J connectivity index is 1.15. The molecule has 0 aliphatic carbocycles. The van der Waals surface area contributed by atoms with E-state index in [2.05, 4.69) is 27.2 Å². The lowest BCUT2D eigenvalue weighted by Crippen LogP contribution is -2.35. The van der Waals surface area contributed by atoms with Crippen LogP contribution in [0.1, 0.15) is 45.9 Å². The molecule has 12 nitrogen and oxygen atoms in total. The first kappa shape index (κ1) is 27.7. The van der Waals surface area contributed by atoms with Gasteiger partial charge in [0.15, 0.2) is 17.3 Å². The average molecular weight is 560 g/mol. The summed E-state index contributed by atoms with van der Waals surface area (Å²) in [7, 11) is 5.09. The lowest BCUT2D eigenvalue weighted by molar-refractivity contribution is -0.116. The van der Waals surface area contributed by atoms with Crippen LogP contribution in [0.2, 0.25) is 0 Å². The maximum Gasteiger partial charge on any atom is 0.291 e. The zero-order chi connectivity index (χ0) is 29.3. The molecule has 0 saturated carbocycles. The van der Waals surface area contributed by atoms with Gasteiger partial charge in [0.2, 0.25) is 11.7 Å². The molecular formula is C29H33N7O5. The Morgan fingerprint density at radius 1 is 1.12 bits per heavy atom. The van der Waals surface area contributed by atoms with Crippen molar-refractivity contribution in [3.05, 3.63) is 59.8 Å². The molecule has 1 saturated heterocycles. The molecule has 2 N–H and O–H groups in total. The molecule has 1 aromatic carbocycles. The van der Waals surface area contributed by atoms with Crippen LogP contribution in [0.25, 0.3) is 0 Å². The number of ether oxygens (including phenoxy) is 2. The van der Waals surface area contributed by atoms with E-state index in [0.717, 1.165) is 11.3 Å². The first-order chi connectivity index (χ1) is 19.6. The second-order valence-electron chi connectivity index (χ2n) is 10.2. The standard InChI is InChI=1S/C29H33N7O5/c1-17-9-20-13-30-22-12-24(23(40-5)11-21(22)29(39)36(20)14-17)41-8-6-7-26(37)32-25-16-35(4)27(33-25)28(38)31-19-10-18(2)34(3)15-19/h10-13,15-16,20H,1,6-9,14H2,2-5H3,(H,31,38)(H,32,37)/t20-/m0/s1. The van der Waals surface area contributed by atoms with Crippen molar-refractivity contribution in [2.45, 2.75) is 32.2 Å². The van der Waals surface area contributed by atoms with Crippen LogP contribution in [-0.2, 0) is 18.9 Å². The lowest BCUT2D eigenvalue weighted by atomic mass is 10.1. The van der Waals surface area contributed by atoms with Crippen molar-refractivity contribution in [1.29, 1.82) is 0 Å². The summed E-state index contributed by atoms with van der Waals surface area (Å²) in [6.07, 6.45) is 6.47. The number of anilines is 2. The Morgan fingerprint density at radius 2 is 1.93 bits per heavy atom. The molecule has 2 aromatic heterocycles. The van der Waals surface area contributed by atoms with Gasteiger partial charge in [-0.2, -0.15) is 0 Å². The molecular weight excluding hydrogens is 526 g/mol. The number of aromatic nitrogens is 3. The molecule has 3 amide bonds. The highest BCUT2D eigenvalue weighted by atomic mass is 16.5. The highest BCUT2D eigenvalue weighted by Crippen LogP contribution is 2.38. The minimum absolute atomic E-state index is 0.103. The number of hydrogen-bond acceptors (Lipinski definition) is 7. The van der Waals surface area contributed by atoms with E-state index < -0.39 is 0 Å². The Morgan fingerprint density at radius 3 is 2.66 bits per heavy atom. The number of fused-ring (bicyclic) bond motifs is 2. The fraction of sp³-hybridized carbons (Fsp3) is 0.345. The molecule has 2 aliphatic heterocycles. The number of nitrogens with zero attached hydrogens (tertiary/aromatic N) is 5. The third-order valence-corrected chi connectivity index (χ3v) is 7.12. The SMILES string of the molecule is C=C1C[C@H]2C=Nc3cc(OCCCC(=O)Nc4cn(C)c(C(=O)Nc5cc(C)n(C)c5)n4)c(OC)cc3C(=O)N2C1. The molecule has 1 atom stereocenters. The van der Waals surface area contributed by atoms with Gasteiger partial charge < -0.3 is 34.1 Å². The number of carbonyl (C=O) groups is 3.